The van der Waals surface area contributed by atoms with Crippen LogP contribution in [0.3, 0.4) is 0 Å². The minimum atomic E-state index is -0.249. The van der Waals surface area contributed by atoms with Gasteiger partial charge in [0.2, 0.25) is 5.76 Å². The quantitative estimate of drug-likeness (QED) is 0.833. The molecule has 0 bridgehead atoms. The Balaban J connectivity index is 1.90. The SMILES string of the molecule is Cc1ccc(-c2cc(C(=O)NCCNC(C)(C)C)on2)cc1. The molecule has 118 valence electrons. The van der Waals surface area contributed by atoms with Crippen LogP contribution in [0, 0.1) is 6.92 Å². The van der Waals surface area contributed by atoms with Crippen LogP contribution < -0.4 is 10.6 Å². The summed E-state index contributed by atoms with van der Waals surface area (Å²) in [6.07, 6.45) is 0. The Morgan fingerprint density at radius 3 is 2.50 bits per heavy atom. The van der Waals surface area contributed by atoms with E-state index in [2.05, 4.69) is 36.6 Å². The van der Waals surface area contributed by atoms with Gasteiger partial charge in [-0.05, 0) is 27.7 Å². The number of aryl methyl sites for hydroxylation is 1. The molecule has 5 nitrogen and oxygen atoms in total. The lowest BCUT2D eigenvalue weighted by atomic mass is 10.1. The van der Waals surface area contributed by atoms with Crippen molar-refractivity contribution in [1.82, 2.24) is 15.8 Å². The van der Waals surface area contributed by atoms with Crippen molar-refractivity contribution in [3.8, 4) is 11.3 Å². The topological polar surface area (TPSA) is 67.2 Å². The summed E-state index contributed by atoms with van der Waals surface area (Å²) in [7, 11) is 0. The van der Waals surface area contributed by atoms with Crippen molar-refractivity contribution < 1.29 is 9.32 Å². The summed E-state index contributed by atoms with van der Waals surface area (Å²) < 4.78 is 5.13. The van der Waals surface area contributed by atoms with Crippen molar-refractivity contribution in [2.45, 2.75) is 33.2 Å². The minimum absolute atomic E-state index is 0.0373. The van der Waals surface area contributed by atoms with Crippen LogP contribution in [0.2, 0.25) is 0 Å². The highest BCUT2D eigenvalue weighted by molar-refractivity contribution is 5.92. The van der Waals surface area contributed by atoms with Gasteiger partial charge in [0.25, 0.3) is 5.91 Å². The Hall–Kier alpha value is -2.14. The molecular formula is C17H23N3O2. The monoisotopic (exact) mass is 301 g/mol. The van der Waals surface area contributed by atoms with Crippen LogP contribution in [0.15, 0.2) is 34.9 Å². The van der Waals surface area contributed by atoms with Crippen LogP contribution in [-0.2, 0) is 0 Å². The summed E-state index contributed by atoms with van der Waals surface area (Å²) in [4.78, 5) is 12.0. The third kappa shape index (κ3) is 4.70. The van der Waals surface area contributed by atoms with E-state index in [4.69, 9.17) is 4.52 Å². The molecule has 2 rings (SSSR count). The fourth-order valence-electron chi connectivity index (χ4n) is 1.94. The zero-order chi connectivity index (χ0) is 16.2. The number of hydrogen-bond acceptors (Lipinski definition) is 4. The third-order valence-electron chi connectivity index (χ3n) is 3.15. The van der Waals surface area contributed by atoms with Crippen molar-refractivity contribution in [1.29, 1.82) is 0 Å². The summed E-state index contributed by atoms with van der Waals surface area (Å²) in [6, 6.07) is 9.59. The summed E-state index contributed by atoms with van der Waals surface area (Å²) in [5, 5.41) is 10.1. The molecule has 1 aromatic heterocycles. The summed E-state index contributed by atoms with van der Waals surface area (Å²) in [6.45, 7) is 9.51. The number of hydrogen-bond donors (Lipinski definition) is 2. The van der Waals surface area contributed by atoms with Crippen LogP contribution in [0.5, 0.6) is 0 Å². The summed E-state index contributed by atoms with van der Waals surface area (Å²) >= 11 is 0. The van der Waals surface area contributed by atoms with Crippen molar-refractivity contribution in [2.24, 2.45) is 0 Å². The highest BCUT2D eigenvalue weighted by Gasteiger charge is 2.14. The Kier molecular flexibility index (Phi) is 4.98. The predicted octanol–water partition coefficient (Wildman–Crippen LogP) is 2.77. The molecule has 0 unspecified atom stereocenters. The van der Waals surface area contributed by atoms with Gasteiger partial charge in [-0.2, -0.15) is 0 Å². The number of carbonyl (C=O) groups is 1. The first-order valence-corrected chi connectivity index (χ1v) is 7.42. The van der Waals surface area contributed by atoms with Crippen LogP contribution in [-0.4, -0.2) is 29.7 Å². The number of nitrogens with zero attached hydrogens (tertiary/aromatic N) is 1. The second-order valence-electron chi connectivity index (χ2n) is 6.38. The number of carbonyl (C=O) groups excluding carboxylic acids is 1. The second-order valence-corrected chi connectivity index (χ2v) is 6.38. The van der Waals surface area contributed by atoms with Gasteiger partial charge in [-0.3, -0.25) is 4.79 Å². The fraction of sp³-hybridized carbons (Fsp3) is 0.412. The molecule has 0 aliphatic heterocycles. The first-order valence-electron chi connectivity index (χ1n) is 7.42. The van der Waals surface area contributed by atoms with E-state index in [0.717, 1.165) is 5.56 Å². The minimum Gasteiger partial charge on any atom is -0.350 e. The maximum atomic E-state index is 12.0. The van der Waals surface area contributed by atoms with Gasteiger partial charge in [0, 0.05) is 30.3 Å². The number of nitrogens with one attached hydrogen (secondary N) is 2. The number of rotatable bonds is 5. The number of amides is 1. The Morgan fingerprint density at radius 2 is 1.86 bits per heavy atom. The molecular weight excluding hydrogens is 278 g/mol. The Bertz CT molecular complexity index is 624. The average molecular weight is 301 g/mol. The van der Waals surface area contributed by atoms with Gasteiger partial charge in [-0.25, -0.2) is 0 Å². The van der Waals surface area contributed by atoms with E-state index in [0.29, 0.717) is 18.8 Å². The van der Waals surface area contributed by atoms with Crippen molar-refractivity contribution in [3.63, 3.8) is 0 Å². The smallest absolute Gasteiger partial charge is 0.289 e. The number of aromatic nitrogens is 1. The molecule has 2 aromatic rings. The van der Waals surface area contributed by atoms with E-state index in [1.165, 1.54) is 5.56 Å². The van der Waals surface area contributed by atoms with Gasteiger partial charge < -0.3 is 15.2 Å². The zero-order valence-electron chi connectivity index (χ0n) is 13.6. The molecule has 0 fully saturated rings. The second kappa shape index (κ2) is 6.75. The van der Waals surface area contributed by atoms with Gasteiger partial charge >= 0.3 is 0 Å². The zero-order valence-corrected chi connectivity index (χ0v) is 13.6. The summed E-state index contributed by atoms with van der Waals surface area (Å²) in [5.41, 5.74) is 2.81. The van der Waals surface area contributed by atoms with Crippen molar-refractivity contribution in [3.05, 3.63) is 41.7 Å². The summed E-state index contributed by atoms with van der Waals surface area (Å²) in [5.74, 6) is -0.0205. The molecule has 1 amide bonds. The standard InChI is InChI=1S/C17H23N3O2/c1-12-5-7-13(8-6-12)14-11-15(22-20-14)16(21)18-9-10-19-17(2,3)4/h5-8,11,19H,9-10H2,1-4H3,(H,18,21). The first-order chi connectivity index (χ1) is 10.3. The molecule has 0 saturated carbocycles. The van der Waals surface area contributed by atoms with E-state index in [1.807, 2.05) is 31.2 Å². The van der Waals surface area contributed by atoms with E-state index in [-0.39, 0.29) is 17.2 Å². The largest absolute Gasteiger partial charge is 0.350 e. The van der Waals surface area contributed by atoms with Crippen molar-refractivity contribution >= 4 is 5.91 Å². The maximum absolute atomic E-state index is 12.0. The molecule has 0 radical (unpaired) electrons. The van der Waals surface area contributed by atoms with Gasteiger partial charge in [0.15, 0.2) is 0 Å². The van der Waals surface area contributed by atoms with Crippen molar-refractivity contribution in [2.75, 3.05) is 13.1 Å². The van der Waals surface area contributed by atoms with Gasteiger partial charge in [0.1, 0.15) is 5.69 Å². The fourth-order valence-corrected chi connectivity index (χ4v) is 1.94. The highest BCUT2D eigenvalue weighted by Crippen LogP contribution is 2.19. The van der Waals surface area contributed by atoms with Gasteiger partial charge in [-0.1, -0.05) is 35.0 Å². The van der Waals surface area contributed by atoms with Crippen LogP contribution in [0.1, 0.15) is 36.9 Å². The van der Waals surface area contributed by atoms with E-state index in [1.54, 1.807) is 6.07 Å². The van der Waals surface area contributed by atoms with Crippen LogP contribution in [0.4, 0.5) is 0 Å². The average Bonchev–Trinajstić information content (AvgIpc) is 2.93. The van der Waals surface area contributed by atoms with Crippen LogP contribution in [0.25, 0.3) is 11.3 Å². The van der Waals surface area contributed by atoms with E-state index >= 15 is 0 Å². The third-order valence-corrected chi connectivity index (χ3v) is 3.15. The molecule has 5 heteroatoms. The Labute approximate surface area is 131 Å². The molecule has 22 heavy (non-hydrogen) atoms. The number of benzene rings is 1. The molecule has 0 aliphatic rings. The van der Waals surface area contributed by atoms with E-state index in [9.17, 15) is 4.79 Å². The first kappa shape index (κ1) is 16.2. The molecule has 0 spiro atoms. The lowest BCUT2D eigenvalue weighted by Crippen LogP contribution is -2.41. The van der Waals surface area contributed by atoms with Gasteiger partial charge in [0.05, 0.1) is 0 Å². The molecule has 2 N–H and O–H groups in total. The Morgan fingerprint density at radius 1 is 1.18 bits per heavy atom. The molecule has 0 aliphatic carbocycles. The molecule has 1 aromatic carbocycles. The van der Waals surface area contributed by atoms with Crippen LogP contribution >= 0.6 is 0 Å². The highest BCUT2D eigenvalue weighted by atomic mass is 16.5. The molecule has 1 heterocycles. The lowest BCUT2D eigenvalue weighted by molar-refractivity contribution is 0.0916. The maximum Gasteiger partial charge on any atom is 0.289 e. The predicted molar refractivity (Wildman–Crippen MR) is 86.8 cm³/mol. The molecule has 0 saturated heterocycles. The normalized spacial score (nSPS) is 11.5. The van der Waals surface area contributed by atoms with Gasteiger partial charge in [-0.15, -0.1) is 0 Å². The lowest BCUT2D eigenvalue weighted by Gasteiger charge is -2.20. The molecule has 0 atom stereocenters. The van der Waals surface area contributed by atoms with E-state index < -0.39 is 0 Å².